The minimum absolute atomic E-state index is 1.02. The van der Waals surface area contributed by atoms with Gasteiger partial charge in [0, 0.05) is 18.9 Å². The van der Waals surface area contributed by atoms with Crippen molar-refractivity contribution >= 4 is 18.0 Å². The molecule has 0 saturated carbocycles. The second-order valence-corrected chi connectivity index (χ2v) is 3.86. The van der Waals surface area contributed by atoms with Crippen molar-refractivity contribution in [1.29, 1.82) is 0 Å². The van der Waals surface area contributed by atoms with E-state index in [1.807, 2.05) is 18.4 Å². The maximum atomic E-state index is 4.33. The van der Waals surface area contributed by atoms with Crippen molar-refractivity contribution in [2.45, 2.75) is 0 Å². The second-order valence-electron chi connectivity index (χ2n) is 3.86. The number of nitrogens with zero attached hydrogens (tertiary/aromatic N) is 2. The van der Waals surface area contributed by atoms with Crippen LogP contribution < -0.4 is 4.90 Å². The first-order valence-electron chi connectivity index (χ1n) is 5.32. The van der Waals surface area contributed by atoms with Crippen LogP contribution in [0.15, 0.2) is 58.9 Å². The van der Waals surface area contributed by atoms with Crippen LogP contribution in [0, 0.1) is 0 Å². The fourth-order valence-electron chi connectivity index (χ4n) is 2.05. The number of aliphatic imine (C=N–C) groups is 1. The Balaban J connectivity index is 2.14. The Kier molecular flexibility index (Phi) is 2.00. The predicted molar refractivity (Wildman–Crippen MR) is 68.5 cm³/mol. The highest BCUT2D eigenvalue weighted by Gasteiger charge is 2.15. The van der Waals surface area contributed by atoms with E-state index in [-0.39, 0.29) is 0 Å². The van der Waals surface area contributed by atoms with Gasteiger partial charge in [-0.3, -0.25) is 4.99 Å². The topological polar surface area (TPSA) is 15.6 Å². The third-order valence-corrected chi connectivity index (χ3v) is 2.90. The maximum Gasteiger partial charge on any atom is 0.0866 e. The van der Waals surface area contributed by atoms with Crippen LogP contribution in [0.25, 0.3) is 6.08 Å². The summed E-state index contributed by atoms with van der Waals surface area (Å²) in [6, 6.07) is 8.37. The van der Waals surface area contributed by atoms with Gasteiger partial charge in [-0.15, -0.1) is 0 Å². The summed E-state index contributed by atoms with van der Waals surface area (Å²) in [6.45, 7) is 0. The Bertz CT molecular complexity index is 534. The number of anilines is 1. The third kappa shape index (κ3) is 1.31. The molecule has 0 aromatic heterocycles. The lowest BCUT2D eigenvalue weighted by molar-refractivity contribution is 1.09. The van der Waals surface area contributed by atoms with E-state index in [0.717, 1.165) is 11.4 Å². The van der Waals surface area contributed by atoms with E-state index < -0.39 is 0 Å². The molecule has 3 rings (SSSR count). The molecule has 2 aliphatic heterocycles. The fourth-order valence-corrected chi connectivity index (χ4v) is 2.05. The molecule has 1 aromatic carbocycles. The highest BCUT2D eigenvalue weighted by Crippen LogP contribution is 2.31. The van der Waals surface area contributed by atoms with Gasteiger partial charge in [-0.25, -0.2) is 0 Å². The molecule has 0 amide bonds. The fraction of sp³-hybridized carbons (Fsp3) is 0.0714. The number of benzene rings is 1. The van der Waals surface area contributed by atoms with Crippen LogP contribution in [0.2, 0.25) is 0 Å². The van der Waals surface area contributed by atoms with E-state index in [4.69, 9.17) is 0 Å². The SMILES string of the molecule is CN1/C(=C2\C=CC=N2)C=Cc2ccccc21. The maximum absolute atomic E-state index is 4.33. The number of hydrogen-bond acceptors (Lipinski definition) is 2. The molecular formula is C14H12N2. The van der Waals surface area contributed by atoms with Gasteiger partial charge in [-0.2, -0.15) is 0 Å². The zero-order valence-electron chi connectivity index (χ0n) is 9.09. The monoisotopic (exact) mass is 208 g/mol. The average Bonchev–Trinajstić information content (AvgIpc) is 2.83. The van der Waals surface area contributed by atoms with Crippen LogP contribution in [-0.4, -0.2) is 13.3 Å². The van der Waals surface area contributed by atoms with Gasteiger partial charge in [0.1, 0.15) is 0 Å². The standard InChI is InChI=1S/C14H12N2/c1-16-13-7-3-2-5-11(13)8-9-14(16)12-6-4-10-15-12/h2-10H,1H3/b14-12+. The first kappa shape index (κ1) is 9.16. The van der Waals surface area contributed by atoms with Gasteiger partial charge in [-0.05, 0) is 29.9 Å². The minimum atomic E-state index is 1.02. The molecule has 78 valence electrons. The van der Waals surface area contributed by atoms with Crippen LogP contribution in [0.3, 0.4) is 0 Å². The molecule has 1 aromatic rings. The molecule has 0 unspecified atom stereocenters. The molecule has 0 spiro atoms. The van der Waals surface area contributed by atoms with E-state index in [2.05, 4.69) is 53.4 Å². The normalized spacial score (nSPS) is 21.7. The van der Waals surface area contributed by atoms with Gasteiger partial charge in [0.15, 0.2) is 0 Å². The lowest BCUT2D eigenvalue weighted by Gasteiger charge is -2.26. The van der Waals surface area contributed by atoms with E-state index in [1.165, 1.54) is 11.3 Å². The van der Waals surface area contributed by atoms with Crippen molar-refractivity contribution in [1.82, 2.24) is 0 Å². The van der Waals surface area contributed by atoms with Crippen LogP contribution in [0.5, 0.6) is 0 Å². The highest BCUT2D eigenvalue weighted by molar-refractivity contribution is 5.81. The molecule has 0 aliphatic carbocycles. The zero-order chi connectivity index (χ0) is 11.0. The summed E-state index contributed by atoms with van der Waals surface area (Å²) in [7, 11) is 2.08. The molecule has 0 atom stereocenters. The zero-order valence-corrected chi connectivity index (χ0v) is 9.09. The molecule has 2 heterocycles. The molecule has 0 N–H and O–H groups in total. The highest BCUT2D eigenvalue weighted by atomic mass is 15.1. The van der Waals surface area contributed by atoms with Crippen molar-refractivity contribution in [3.8, 4) is 0 Å². The summed E-state index contributed by atoms with van der Waals surface area (Å²) in [6.07, 6.45) is 10.1. The first-order valence-corrected chi connectivity index (χ1v) is 5.32. The molecule has 2 heteroatoms. The number of fused-ring (bicyclic) bond motifs is 1. The quantitative estimate of drug-likeness (QED) is 0.640. The van der Waals surface area contributed by atoms with Crippen LogP contribution >= 0.6 is 0 Å². The summed E-state index contributed by atoms with van der Waals surface area (Å²) >= 11 is 0. The Hall–Kier alpha value is -2.09. The van der Waals surface area contributed by atoms with Gasteiger partial charge in [0.2, 0.25) is 0 Å². The van der Waals surface area contributed by atoms with Crippen molar-refractivity contribution in [3.05, 3.63) is 59.5 Å². The summed E-state index contributed by atoms with van der Waals surface area (Å²) in [5, 5.41) is 0. The molecule has 0 bridgehead atoms. The summed E-state index contributed by atoms with van der Waals surface area (Å²) < 4.78 is 0. The predicted octanol–water partition coefficient (Wildman–Crippen LogP) is 3.00. The minimum Gasteiger partial charge on any atom is -0.342 e. The smallest absolute Gasteiger partial charge is 0.0866 e. The number of rotatable bonds is 0. The number of hydrogen-bond donors (Lipinski definition) is 0. The van der Waals surface area contributed by atoms with Crippen LogP contribution in [0.4, 0.5) is 5.69 Å². The van der Waals surface area contributed by atoms with Crippen LogP contribution in [0.1, 0.15) is 5.56 Å². The van der Waals surface area contributed by atoms with Gasteiger partial charge >= 0.3 is 0 Å². The van der Waals surface area contributed by atoms with Crippen LogP contribution in [-0.2, 0) is 0 Å². The van der Waals surface area contributed by atoms with Gasteiger partial charge in [0.25, 0.3) is 0 Å². The molecule has 0 radical (unpaired) electrons. The van der Waals surface area contributed by atoms with E-state index in [1.54, 1.807) is 0 Å². The molecule has 2 aliphatic rings. The largest absolute Gasteiger partial charge is 0.342 e. The molecule has 2 nitrogen and oxygen atoms in total. The summed E-state index contributed by atoms with van der Waals surface area (Å²) in [5.74, 6) is 0. The second kappa shape index (κ2) is 3.49. The van der Waals surface area contributed by atoms with Crippen molar-refractivity contribution in [2.75, 3.05) is 11.9 Å². The van der Waals surface area contributed by atoms with E-state index in [9.17, 15) is 0 Å². The van der Waals surface area contributed by atoms with Gasteiger partial charge < -0.3 is 4.90 Å². The van der Waals surface area contributed by atoms with Gasteiger partial charge in [-0.1, -0.05) is 24.3 Å². The Morgan fingerprint density at radius 2 is 1.94 bits per heavy atom. The first-order chi connectivity index (χ1) is 7.86. The average molecular weight is 208 g/mol. The Morgan fingerprint density at radius 1 is 1.06 bits per heavy atom. The van der Waals surface area contributed by atoms with Gasteiger partial charge in [0.05, 0.1) is 11.4 Å². The van der Waals surface area contributed by atoms with Crippen molar-refractivity contribution < 1.29 is 0 Å². The molecule has 16 heavy (non-hydrogen) atoms. The molecule has 0 fully saturated rings. The number of allylic oxidation sites excluding steroid dienone is 3. The molecule has 0 saturated heterocycles. The molecular weight excluding hydrogens is 196 g/mol. The van der Waals surface area contributed by atoms with E-state index in [0.29, 0.717) is 0 Å². The van der Waals surface area contributed by atoms with Crippen molar-refractivity contribution in [2.24, 2.45) is 4.99 Å². The number of likely N-dealkylation sites (N-methyl/N-ethyl adjacent to an activating group) is 1. The van der Waals surface area contributed by atoms with Crippen molar-refractivity contribution in [3.63, 3.8) is 0 Å². The lowest BCUT2D eigenvalue weighted by atomic mass is 10.1. The Morgan fingerprint density at radius 3 is 2.75 bits per heavy atom. The van der Waals surface area contributed by atoms with E-state index >= 15 is 0 Å². The third-order valence-electron chi connectivity index (χ3n) is 2.90. The summed E-state index contributed by atoms with van der Waals surface area (Å²) in [5.41, 5.74) is 4.64. The number of para-hydroxylation sites is 1. The summed E-state index contributed by atoms with van der Waals surface area (Å²) in [4.78, 5) is 6.51. The Labute approximate surface area is 94.9 Å². The lowest BCUT2D eigenvalue weighted by Crippen LogP contribution is -2.19.